The van der Waals surface area contributed by atoms with Crippen LogP contribution < -0.4 is 10.6 Å². The molecule has 6 nitrogen and oxygen atoms in total. The molecule has 2 fully saturated rings. The van der Waals surface area contributed by atoms with Crippen LogP contribution in [0.1, 0.15) is 37.7 Å². The van der Waals surface area contributed by atoms with Gasteiger partial charge < -0.3 is 15.5 Å². The molecule has 0 radical (unpaired) electrons. The van der Waals surface area contributed by atoms with Crippen LogP contribution in [-0.4, -0.2) is 47.8 Å². The Morgan fingerprint density at radius 1 is 1.12 bits per heavy atom. The van der Waals surface area contributed by atoms with Crippen molar-refractivity contribution in [3.63, 3.8) is 0 Å². The predicted octanol–water partition coefficient (Wildman–Crippen LogP) is 1.00. The number of hydrogen-bond acceptors (Lipinski definition) is 3. The number of carbonyl (C=O) groups is 3. The maximum absolute atomic E-state index is 12.4. The van der Waals surface area contributed by atoms with Gasteiger partial charge in [-0.25, -0.2) is 0 Å². The fourth-order valence-electron chi connectivity index (χ4n) is 3.47. The van der Waals surface area contributed by atoms with Gasteiger partial charge in [-0.05, 0) is 31.2 Å². The van der Waals surface area contributed by atoms with E-state index in [-0.39, 0.29) is 29.8 Å². The molecular formula is C19H25N3O3. The minimum absolute atomic E-state index is 0.0136. The van der Waals surface area contributed by atoms with Crippen LogP contribution in [0.5, 0.6) is 0 Å². The Kier molecular flexibility index (Phi) is 5.68. The lowest BCUT2D eigenvalue weighted by molar-refractivity contribution is -0.135. The molecule has 3 rings (SSSR count). The Hall–Kier alpha value is -2.37. The number of nitrogens with zero attached hydrogens (tertiary/aromatic N) is 1. The van der Waals surface area contributed by atoms with Gasteiger partial charge in [-0.15, -0.1) is 0 Å². The summed E-state index contributed by atoms with van der Waals surface area (Å²) in [7, 11) is 0. The van der Waals surface area contributed by atoms with Crippen LogP contribution in [0.15, 0.2) is 30.3 Å². The Morgan fingerprint density at radius 3 is 2.48 bits per heavy atom. The van der Waals surface area contributed by atoms with Crippen molar-refractivity contribution >= 4 is 17.7 Å². The second-order valence-corrected chi connectivity index (χ2v) is 6.81. The van der Waals surface area contributed by atoms with E-state index in [2.05, 4.69) is 10.6 Å². The molecule has 2 aliphatic heterocycles. The molecule has 134 valence electrons. The summed E-state index contributed by atoms with van der Waals surface area (Å²) in [6, 6.07) is 9.75. The van der Waals surface area contributed by atoms with Gasteiger partial charge in [0.25, 0.3) is 0 Å². The van der Waals surface area contributed by atoms with E-state index in [4.69, 9.17) is 0 Å². The van der Waals surface area contributed by atoms with Gasteiger partial charge in [0.05, 0.1) is 0 Å². The molecule has 2 aliphatic rings. The summed E-state index contributed by atoms with van der Waals surface area (Å²) in [5.74, 6) is 0.0373. The molecule has 0 aliphatic carbocycles. The maximum atomic E-state index is 12.4. The molecule has 2 N–H and O–H groups in total. The molecular weight excluding hydrogens is 318 g/mol. The fourth-order valence-corrected chi connectivity index (χ4v) is 3.47. The number of carbonyl (C=O) groups excluding carboxylic acids is 3. The van der Waals surface area contributed by atoms with Gasteiger partial charge in [0.15, 0.2) is 0 Å². The third kappa shape index (κ3) is 4.81. The highest BCUT2D eigenvalue weighted by Gasteiger charge is 2.32. The predicted molar refractivity (Wildman–Crippen MR) is 93.7 cm³/mol. The first-order valence-corrected chi connectivity index (χ1v) is 9.03. The first kappa shape index (κ1) is 17.5. The lowest BCUT2D eigenvalue weighted by atomic mass is 10.0. The summed E-state index contributed by atoms with van der Waals surface area (Å²) in [6.07, 6.45) is 3.79. The van der Waals surface area contributed by atoms with Crippen molar-refractivity contribution in [2.45, 2.75) is 50.6 Å². The smallest absolute Gasteiger partial charge is 0.245 e. The highest BCUT2D eigenvalue weighted by molar-refractivity contribution is 5.90. The van der Waals surface area contributed by atoms with Crippen LogP contribution in [0.25, 0.3) is 0 Å². The van der Waals surface area contributed by atoms with Crippen LogP contribution >= 0.6 is 0 Å². The molecule has 6 heteroatoms. The Balaban J connectivity index is 1.38. The lowest BCUT2D eigenvalue weighted by Gasteiger charge is -2.33. The average Bonchev–Trinajstić information content (AvgIpc) is 3.07. The van der Waals surface area contributed by atoms with Gasteiger partial charge in [-0.3, -0.25) is 14.4 Å². The van der Waals surface area contributed by atoms with Gasteiger partial charge in [0, 0.05) is 32.0 Å². The molecule has 0 aromatic heterocycles. The van der Waals surface area contributed by atoms with Crippen molar-refractivity contribution in [1.82, 2.24) is 15.5 Å². The van der Waals surface area contributed by atoms with Crippen molar-refractivity contribution in [2.75, 3.05) is 13.1 Å². The number of hydrogen-bond donors (Lipinski definition) is 2. The average molecular weight is 343 g/mol. The van der Waals surface area contributed by atoms with Crippen LogP contribution in [0.4, 0.5) is 0 Å². The summed E-state index contributed by atoms with van der Waals surface area (Å²) >= 11 is 0. The maximum Gasteiger partial charge on any atom is 0.245 e. The molecule has 25 heavy (non-hydrogen) atoms. The van der Waals surface area contributed by atoms with Crippen molar-refractivity contribution in [1.29, 1.82) is 0 Å². The summed E-state index contributed by atoms with van der Waals surface area (Å²) in [5, 5.41) is 5.81. The number of piperidine rings is 1. The Bertz CT molecular complexity index is 624. The number of likely N-dealkylation sites (tertiary alicyclic amines) is 1. The topological polar surface area (TPSA) is 78.5 Å². The van der Waals surface area contributed by atoms with Crippen LogP contribution in [0, 0.1) is 0 Å². The molecule has 0 saturated carbocycles. The fraction of sp³-hybridized carbons (Fsp3) is 0.526. The first-order chi connectivity index (χ1) is 12.1. The normalized spacial score (nSPS) is 21.0. The Labute approximate surface area is 148 Å². The van der Waals surface area contributed by atoms with E-state index in [9.17, 15) is 14.4 Å². The highest BCUT2D eigenvalue weighted by atomic mass is 16.2. The lowest BCUT2D eigenvalue weighted by Crippen LogP contribution is -2.51. The summed E-state index contributed by atoms with van der Waals surface area (Å²) in [5.41, 5.74) is 1.16. The number of benzene rings is 1. The van der Waals surface area contributed by atoms with Crippen LogP contribution in [0.2, 0.25) is 0 Å². The van der Waals surface area contributed by atoms with Crippen LogP contribution in [-0.2, 0) is 20.8 Å². The monoisotopic (exact) mass is 343 g/mol. The zero-order valence-corrected chi connectivity index (χ0v) is 14.4. The van der Waals surface area contributed by atoms with E-state index in [0.717, 1.165) is 24.8 Å². The van der Waals surface area contributed by atoms with Gasteiger partial charge in [0.2, 0.25) is 17.7 Å². The van der Waals surface area contributed by atoms with Gasteiger partial charge in [0.1, 0.15) is 6.04 Å². The second kappa shape index (κ2) is 8.14. The zero-order chi connectivity index (χ0) is 17.6. The van der Waals surface area contributed by atoms with Crippen molar-refractivity contribution in [2.24, 2.45) is 0 Å². The van der Waals surface area contributed by atoms with E-state index >= 15 is 0 Å². The minimum Gasteiger partial charge on any atom is -0.353 e. The number of aryl methyl sites for hydroxylation is 1. The molecule has 1 atom stereocenters. The standard InChI is InChI=1S/C19H25N3O3/c23-17(8-6-14-4-2-1-3-5-14)20-15-10-12-22(13-11-15)19(25)16-7-9-18(24)21-16/h1-5,15-16H,6-13H2,(H,20,23)(H,21,24). The summed E-state index contributed by atoms with van der Waals surface area (Å²) in [6.45, 7) is 1.27. The van der Waals surface area contributed by atoms with E-state index in [0.29, 0.717) is 32.4 Å². The van der Waals surface area contributed by atoms with Gasteiger partial charge in [-0.2, -0.15) is 0 Å². The molecule has 0 spiro atoms. The van der Waals surface area contributed by atoms with E-state index < -0.39 is 0 Å². The number of amides is 3. The third-order valence-corrected chi connectivity index (χ3v) is 4.95. The summed E-state index contributed by atoms with van der Waals surface area (Å²) in [4.78, 5) is 37.5. The van der Waals surface area contributed by atoms with Crippen molar-refractivity contribution < 1.29 is 14.4 Å². The van der Waals surface area contributed by atoms with E-state index in [1.807, 2.05) is 35.2 Å². The van der Waals surface area contributed by atoms with Crippen molar-refractivity contribution in [3.8, 4) is 0 Å². The Morgan fingerprint density at radius 2 is 1.84 bits per heavy atom. The molecule has 0 bridgehead atoms. The molecule has 2 saturated heterocycles. The van der Waals surface area contributed by atoms with Gasteiger partial charge in [-0.1, -0.05) is 30.3 Å². The number of rotatable bonds is 5. The zero-order valence-electron chi connectivity index (χ0n) is 14.4. The SMILES string of the molecule is O=C(CCc1ccccc1)NC1CCN(C(=O)C2CCC(=O)N2)CC1. The first-order valence-electron chi connectivity index (χ1n) is 9.03. The molecule has 2 heterocycles. The second-order valence-electron chi connectivity index (χ2n) is 6.81. The van der Waals surface area contributed by atoms with Gasteiger partial charge >= 0.3 is 0 Å². The number of nitrogens with one attached hydrogen (secondary N) is 2. The third-order valence-electron chi connectivity index (χ3n) is 4.95. The largest absolute Gasteiger partial charge is 0.353 e. The van der Waals surface area contributed by atoms with E-state index in [1.54, 1.807) is 0 Å². The highest BCUT2D eigenvalue weighted by Crippen LogP contribution is 2.16. The van der Waals surface area contributed by atoms with E-state index in [1.165, 1.54) is 0 Å². The van der Waals surface area contributed by atoms with Crippen LogP contribution in [0.3, 0.4) is 0 Å². The minimum atomic E-state index is -0.357. The summed E-state index contributed by atoms with van der Waals surface area (Å²) < 4.78 is 0. The van der Waals surface area contributed by atoms with Crippen molar-refractivity contribution in [3.05, 3.63) is 35.9 Å². The molecule has 3 amide bonds. The quantitative estimate of drug-likeness (QED) is 0.837. The molecule has 1 unspecified atom stereocenters. The molecule has 1 aromatic rings. The molecule has 1 aromatic carbocycles.